The monoisotopic (exact) mass is 275 g/mol. The lowest BCUT2D eigenvalue weighted by Gasteiger charge is -2.19. The molecule has 0 bridgehead atoms. The van der Waals surface area contributed by atoms with E-state index in [-0.39, 0.29) is 5.82 Å². The van der Waals surface area contributed by atoms with Gasteiger partial charge in [-0.3, -0.25) is 10.0 Å². The standard InChI is InChI=1S/C14H11ClFN3/c1-18-9-8-17-14(10-4-2-3-5-11(10)16)12-6-7-13(15)19(12)18/h2-9H,1H3. The predicted molar refractivity (Wildman–Crippen MR) is 74.8 cm³/mol. The van der Waals surface area contributed by atoms with Crippen LogP contribution in [0.15, 0.2) is 53.8 Å². The average molecular weight is 276 g/mol. The van der Waals surface area contributed by atoms with Crippen LogP contribution in [0, 0.1) is 5.82 Å². The molecule has 0 saturated carbocycles. The molecule has 0 spiro atoms. The first-order valence-corrected chi connectivity index (χ1v) is 6.16. The van der Waals surface area contributed by atoms with Gasteiger partial charge in [0.15, 0.2) is 0 Å². The molecule has 0 fully saturated rings. The van der Waals surface area contributed by atoms with E-state index >= 15 is 0 Å². The largest absolute Gasteiger partial charge is 0.289 e. The fourth-order valence-electron chi connectivity index (χ4n) is 2.10. The van der Waals surface area contributed by atoms with E-state index in [1.165, 1.54) is 6.07 Å². The molecular formula is C14H11ClFN3. The fraction of sp³-hybridized carbons (Fsp3) is 0.0714. The van der Waals surface area contributed by atoms with E-state index in [2.05, 4.69) is 4.99 Å². The second-order valence-electron chi connectivity index (χ2n) is 4.18. The lowest BCUT2D eigenvalue weighted by molar-refractivity contribution is 0.625. The highest BCUT2D eigenvalue weighted by molar-refractivity contribution is 6.30. The van der Waals surface area contributed by atoms with Gasteiger partial charge in [0.2, 0.25) is 0 Å². The molecule has 0 N–H and O–H groups in total. The number of hydrogen-bond donors (Lipinski definition) is 0. The zero-order valence-electron chi connectivity index (χ0n) is 10.2. The van der Waals surface area contributed by atoms with Crippen LogP contribution in [-0.4, -0.2) is 17.4 Å². The Kier molecular flexibility index (Phi) is 2.87. The second kappa shape index (κ2) is 4.55. The molecule has 0 aliphatic carbocycles. The maximum atomic E-state index is 13.9. The highest BCUT2D eigenvalue weighted by atomic mass is 35.5. The first-order valence-electron chi connectivity index (χ1n) is 5.78. The summed E-state index contributed by atoms with van der Waals surface area (Å²) in [6, 6.07) is 10.2. The molecule has 0 radical (unpaired) electrons. The van der Waals surface area contributed by atoms with Gasteiger partial charge in [-0.15, -0.1) is 0 Å². The topological polar surface area (TPSA) is 20.5 Å². The Morgan fingerprint density at radius 3 is 2.74 bits per heavy atom. The molecule has 1 aliphatic heterocycles. The van der Waals surface area contributed by atoms with Gasteiger partial charge >= 0.3 is 0 Å². The molecule has 2 aromatic rings. The summed E-state index contributed by atoms with van der Waals surface area (Å²) in [5.74, 6) is -0.303. The van der Waals surface area contributed by atoms with E-state index in [1.807, 2.05) is 13.1 Å². The number of halogens is 2. The summed E-state index contributed by atoms with van der Waals surface area (Å²) in [6.45, 7) is 0. The van der Waals surface area contributed by atoms with Crippen molar-refractivity contribution < 1.29 is 4.39 Å². The molecule has 0 amide bonds. The van der Waals surface area contributed by atoms with Gasteiger partial charge in [-0.05, 0) is 24.3 Å². The molecule has 2 heterocycles. The van der Waals surface area contributed by atoms with Crippen molar-refractivity contribution in [1.82, 2.24) is 4.68 Å². The summed E-state index contributed by atoms with van der Waals surface area (Å²) in [5, 5.41) is 2.35. The molecule has 5 heteroatoms. The Labute approximate surface area is 115 Å². The summed E-state index contributed by atoms with van der Waals surface area (Å²) in [5.41, 5.74) is 1.77. The molecule has 0 unspecified atom stereocenters. The maximum Gasteiger partial charge on any atom is 0.132 e. The van der Waals surface area contributed by atoms with Crippen LogP contribution in [0.5, 0.6) is 0 Å². The second-order valence-corrected chi connectivity index (χ2v) is 4.57. The lowest BCUT2D eigenvalue weighted by atomic mass is 10.1. The summed E-state index contributed by atoms with van der Waals surface area (Å²) >= 11 is 6.16. The summed E-state index contributed by atoms with van der Waals surface area (Å²) in [4.78, 5) is 4.33. The quantitative estimate of drug-likeness (QED) is 0.783. The minimum atomic E-state index is -0.303. The van der Waals surface area contributed by atoms with Crippen molar-refractivity contribution in [3.05, 3.63) is 71.0 Å². The molecule has 0 atom stereocenters. The highest BCUT2D eigenvalue weighted by Crippen LogP contribution is 2.22. The smallest absolute Gasteiger partial charge is 0.132 e. The number of aromatic nitrogens is 1. The van der Waals surface area contributed by atoms with Gasteiger partial charge in [-0.2, -0.15) is 0 Å². The number of rotatable bonds is 1. The zero-order valence-corrected chi connectivity index (χ0v) is 11.0. The van der Waals surface area contributed by atoms with Gasteiger partial charge in [0.1, 0.15) is 11.0 Å². The minimum Gasteiger partial charge on any atom is -0.289 e. The van der Waals surface area contributed by atoms with Crippen LogP contribution >= 0.6 is 11.6 Å². The van der Waals surface area contributed by atoms with Crippen molar-refractivity contribution in [3.8, 4) is 0 Å². The fourth-order valence-corrected chi connectivity index (χ4v) is 2.38. The van der Waals surface area contributed by atoms with E-state index in [1.54, 1.807) is 46.4 Å². The van der Waals surface area contributed by atoms with Crippen LogP contribution in [0.3, 0.4) is 0 Å². The minimum absolute atomic E-state index is 0.303. The Morgan fingerprint density at radius 1 is 1.16 bits per heavy atom. The molecule has 19 heavy (non-hydrogen) atoms. The van der Waals surface area contributed by atoms with E-state index in [0.717, 1.165) is 5.69 Å². The summed E-state index contributed by atoms with van der Waals surface area (Å²) in [6.07, 6.45) is 3.40. The molecular weight excluding hydrogens is 265 g/mol. The van der Waals surface area contributed by atoms with Crippen LogP contribution in [0.4, 0.5) is 4.39 Å². The van der Waals surface area contributed by atoms with Gasteiger partial charge in [-0.1, -0.05) is 23.7 Å². The first kappa shape index (κ1) is 12.0. The third kappa shape index (κ3) is 1.94. The van der Waals surface area contributed by atoms with Crippen LogP contribution < -0.4 is 5.01 Å². The van der Waals surface area contributed by atoms with Gasteiger partial charge < -0.3 is 0 Å². The predicted octanol–water partition coefficient (Wildman–Crippen LogP) is 3.17. The van der Waals surface area contributed by atoms with Crippen LogP contribution in [-0.2, 0) is 0 Å². The van der Waals surface area contributed by atoms with Crippen molar-refractivity contribution in [2.24, 2.45) is 4.99 Å². The Morgan fingerprint density at radius 2 is 1.95 bits per heavy atom. The summed E-state index contributed by atoms with van der Waals surface area (Å²) in [7, 11) is 1.85. The average Bonchev–Trinajstić information content (AvgIpc) is 2.69. The van der Waals surface area contributed by atoms with Gasteiger partial charge in [-0.25, -0.2) is 9.07 Å². The van der Waals surface area contributed by atoms with Crippen molar-refractivity contribution in [3.63, 3.8) is 0 Å². The van der Waals surface area contributed by atoms with Crippen LogP contribution in [0.2, 0.25) is 5.15 Å². The van der Waals surface area contributed by atoms with E-state index in [0.29, 0.717) is 16.4 Å². The third-order valence-electron chi connectivity index (χ3n) is 2.98. The number of benzene rings is 1. The molecule has 1 aliphatic rings. The molecule has 3 rings (SSSR count). The first-order chi connectivity index (χ1) is 9.18. The van der Waals surface area contributed by atoms with Gasteiger partial charge in [0, 0.05) is 25.0 Å². The number of aliphatic imine (C=N–C) groups is 1. The van der Waals surface area contributed by atoms with Crippen LogP contribution in [0.1, 0.15) is 11.3 Å². The van der Waals surface area contributed by atoms with Crippen LogP contribution in [0.25, 0.3) is 0 Å². The van der Waals surface area contributed by atoms with E-state index in [9.17, 15) is 4.39 Å². The molecule has 96 valence electrons. The molecule has 0 saturated heterocycles. The number of hydrogen-bond acceptors (Lipinski definition) is 2. The van der Waals surface area contributed by atoms with Crippen molar-refractivity contribution in [2.45, 2.75) is 0 Å². The maximum absolute atomic E-state index is 13.9. The molecule has 3 nitrogen and oxygen atoms in total. The molecule has 1 aromatic heterocycles. The highest BCUT2D eigenvalue weighted by Gasteiger charge is 2.19. The van der Waals surface area contributed by atoms with Crippen molar-refractivity contribution >= 4 is 17.3 Å². The Bertz CT molecular complexity index is 688. The van der Waals surface area contributed by atoms with Gasteiger partial charge in [0.25, 0.3) is 0 Å². The van der Waals surface area contributed by atoms with Crippen molar-refractivity contribution in [1.29, 1.82) is 0 Å². The molecule has 1 aromatic carbocycles. The number of fused-ring (bicyclic) bond motifs is 1. The summed E-state index contributed by atoms with van der Waals surface area (Å²) < 4.78 is 15.7. The van der Waals surface area contributed by atoms with Crippen molar-refractivity contribution in [2.75, 3.05) is 12.1 Å². The van der Waals surface area contributed by atoms with Gasteiger partial charge in [0.05, 0.1) is 11.4 Å². The van der Waals surface area contributed by atoms with E-state index in [4.69, 9.17) is 11.6 Å². The normalized spacial score (nSPS) is 14.1. The zero-order chi connectivity index (χ0) is 13.4. The Balaban J connectivity index is 2.23. The van der Waals surface area contributed by atoms with E-state index < -0.39 is 0 Å². The lowest BCUT2D eigenvalue weighted by Crippen LogP contribution is -2.26. The Hall–Kier alpha value is -2.07. The third-order valence-corrected chi connectivity index (χ3v) is 3.27. The SMILES string of the molecule is CN1C=CN=C(c2ccccc2F)c2ccc(Cl)n21. The number of nitrogens with zero attached hydrogens (tertiary/aromatic N) is 3.